The molecule has 0 aromatic heterocycles. The van der Waals surface area contributed by atoms with Gasteiger partial charge in [0, 0.05) is 17.8 Å². The summed E-state index contributed by atoms with van der Waals surface area (Å²) in [5, 5.41) is 6.35. The van der Waals surface area contributed by atoms with Gasteiger partial charge in [0.05, 0.1) is 0 Å². The van der Waals surface area contributed by atoms with E-state index in [0.29, 0.717) is 6.04 Å². The predicted molar refractivity (Wildman–Crippen MR) is 90.2 cm³/mol. The molecule has 1 aromatic carbocycles. The van der Waals surface area contributed by atoms with Gasteiger partial charge in [-0.2, -0.15) is 0 Å². The normalized spacial score (nSPS) is 21.6. The highest BCUT2D eigenvalue weighted by atomic mass is 19.1. The molecule has 1 saturated carbocycles. The summed E-state index contributed by atoms with van der Waals surface area (Å²) in [5.41, 5.74) is 1.42. The molecule has 1 aliphatic carbocycles. The lowest BCUT2D eigenvalue weighted by molar-refractivity contribution is 0.0492. The Labute approximate surface area is 137 Å². The Kier molecular flexibility index (Phi) is 5.50. The van der Waals surface area contributed by atoms with Crippen molar-refractivity contribution in [3.05, 3.63) is 29.6 Å². The molecule has 2 rings (SSSR count). The fourth-order valence-electron chi connectivity index (χ4n) is 2.83. The monoisotopic (exact) mass is 322 g/mol. The first-order chi connectivity index (χ1) is 10.7. The molecule has 1 amide bonds. The van der Waals surface area contributed by atoms with Gasteiger partial charge in [-0.05, 0) is 71.1 Å². The van der Waals surface area contributed by atoms with Crippen molar-refractivity contribution in [2.24, 2.45) is 0 Å². The number of benzene rings is 1. The average molecular weight is 322 g/mol. The lowest BCUT2D eigenvalue weighted by atomic mass is 9.91. The van der Waals surface area contributed by atoms with Gasteiger partial charge < -0.3 is 15.4 Å². The quantitative estimate of drug-likeness (QED) is 0.868. The summed E-state index contributed by atoms with van der Waals surface area (Å²) in [6, 6.07) is 5.26. The lowest BCUT2D eigenvalue weighted by Crippen LogP contribution is -2.42. The van der Waals surface area contributed by atoms with Crippen molar-refractivity contribution >= 4 is 11.8 Å². The number of aryl methyl sites for hydroxylation is 1. The van der Waals surface area contributed by atoms with E-state index in [4.69, 9.17) is 4.74 Å². The Bertz CT molecular complexity index is 546. The van der Waals surface area contributed by atoms with Crippen LogP contribution in [0, 0.1) is 12.7 Å². The van der Waals surface area contributed by atoms with Crippen molar-refractivity contribution in [2.75, 3.05) is 5.32 Å². The Hall–Kier alpha value is -1.78. The molecule has 2 N–H and O–H groups in total. The number of halogens is 1. The van der Waals surface area contributed by atoms with Crippen LogP contribution in [-0.4, -0.2) is 23.8 Å². The third-order valence-electron chi connectivity index (χ3n) is 4.01. The molecular formula is C18H27FN2O2. The molecule has 0 spiro atoms. The first kappa shape index (κ1) is 17.6. The summed E-state index contributed by atoms with van der Waals surface area (Å²) in [4.78, 5) is 11.8. The number of alkyl carbamates (subject to hydrolysis) is 1. The molecule has 128 valence electrons. The minimum atomic E-state index is -0.474. The van der Waals surface area contributed by atoms with Crippen molar-refractivity contribution in [3.63, 3.8) is 0 Å². The highest BCUT2D eigenvalue weighted by Crippen LogP contribution is 2.25. The van der Waals surface area contributed by atoms with Crippen molar-refractivity contribution in [3.8, 4) is 0 Å². The molecule has 0 atom stereocenters. The highest BCUT2D eigenvalue weighted by Gasteiger charge is 2.24. The van der Waals surface area contributed by atoms with Crippen LogP contribution < -0.4 is 10.6 Å². The summed E-state index contributed by atoms with van der Waals surface area (Å²) in [5.74, 6) is -0.224. The van der Waals surface area contributed by atoms with Crippen LogP contribution in [0.25, 0.3) is 0 Å². The van der Waals surface area contributed by atoms with Crippen molar-refractivity contribution in [1.82, 2.24) is 5.32 Å². The number of carbonyl (C=O) groups is 1. The minimum absolute atomic E-state index is 0.150. The van der Waals surface area contributed by atoms with Crippen LogP contribution in [0.3, 0.4) is 0 Å². The Morgan fingerprint density at radius 3 is 2.39 bits per heavy atom. The second-order valence-electron chi connectivity index (χ2n) is 7.30. The van der Waals surface area contributed by atoms with Gasteiger partial charge in [-0.25, -0.2) is 9.18 Å². The topological polar surface area (TPSA) is 50.4 Å². The summed E-state index contributed by atoms with van der Waals surface area (Å²) < 4.78 is 18.6. The molecule has 0 radical (unpaired) electrons. The third-order valence-corrected chi connectivity index (χ3v) is 4.01. The van der Waals surface area contributed by atoms with Crippen LogP contribution >= 0.6 is 0 Å². The van der Waals surface area contributed by atoms with Crippen LogP contribution in [0.1, 0.15) is 52.0 Å². The van der Waals surface area contributed by atoms with E-state index in [1.165, 1.54) is 6.07 Å². The molecule has 0 bridgehead atoms. The standard InChI is InChI=1S/C18H27FN2O2/c1-12-5-6-13(19)11-16(12)20-14-7-9-15(10-8-14)21-17(22)23-18(2,3)4/h5-6,11,14-15,20H,7-10H2,1-4H3,(H,21,22). The zero-order valence-electron chi connectivity index (χ0n) is 14.4. The summed E-state index contributed by atoms with van der Waals surface area (Å²) in [7, 11) is 0. The van der Waals surface area contributed by atoms with E-state index in [2.05, 4.69) is 10.6 Å². The number of nitrogens with one attached hydrogen (secondary N) is 2. The van der Waals surface area contributed by atoms with Crippen LogP contribution in [0.2, 0.25) is 0 Å². The van der Waals surface area contributed by atoms with E-state index in [1.54, 1.807) is 12.1 Å². The van der Waals surface area contributed by atoms with E-state index < -0.39 is 5.60 Å². The molecule has 0 saturated heterocycles. The number of amides is 1. The Balaban J connectivity index is 1.80. The lowest BCUT2D eigenvalue weighted by Gasteiger charge is -2.31. The van der Waals surface area contributed by atoms with E-state index >= 15 is 0 Å². The maximum Gasteiger partial charge on any atom is 0.407 e. The number of hydrogen-bond donors (Lipinski definition) is 2. The van der Waals surface area contributed by atoms with E-state index in [9.17, 15) is 9.18 Å². The summed E-state index contributed by atoms with van der Waals surface area (Å²) in [6.45, 7) is 7.54. The molecule has 4 nitrogen and oxygen atoms in total. The second-order valence-corrected chi connectivity index (χ2v) is 7.30. The largest absolute Gasteiger partial charge is 0.444 e. The molecule has 0 aliphatic heterocycles. The molecule has 0 heterocycles. The van der Waals surface area contributed by atoms with Crippen molar-refractivity contribution < 1.29 is 13.9 Å². The maximum absolute atomic E-state index is 13.3. The zero-order valence-corrected chi connectivity index (χ0v) is 14.4. The number of ether oxygens (including phenoxy) is 1. The fraction of sp³-hybridized carbons (Fsp3) is 0.611. The van der Waals surface area contributed by atoms with Gasteiger partial charge in [0.1, 0.15) is 11.4 Å². The fourth-order valence-corrected chi connectivity index (χ4v) is 2.83. The van der Waals surface area contributed by atoms with E-state index in [-0.39, 0.29) is 18.0 Å². The smallest absolute Gasteiger partial charge is 0.407 e. The van der Waals surface area contributed by atoms with Gasteiger partial charge in [-0.3, -0.25) is 0 Å². The number of rotatable bonds is 3. The van der Waals surface area contributed by atoms with Gasteiger partial charge in [0.2, 0.25) is 0 Å². The van der Waals surface area contributed by atoms with E-state index in [1.807, 2.05) is 27.7 Å². The Morgan fingerprint density at radius 1 is 1.17 bits per heavy atom. The second kappa shape index (κ2) is 7.20. The van der Waals surface area contributed by atoms with Gasteiger partial charge in [-0.1, -0.05) is 6.07 Å². The number of carbonyl (C=O) groups excluding carboxylic acids is 1. The van der Waals surface area contributed by atoms with Crippen LogP contribution in [0.5, 0.6) is 0 Å². The molecule has 1 aliphatic rings. The number of anilines is 1. The van der Waals surface area contributed by atoms with E-state index in [0.717, 1.165) is 36.9 Å². The predicted octanol–water partition coefficient (Wildman–Crippen LogP) is 4.38. The number of hydrogen-bond acceptors (Lipinski definition) is 3. The molecule has 1 aromatic rings. The van der Waals surface area contributed by atoms with Crippen LogP contribution in [0.4, 0.5) is 14.9 Å². The molecule has 0 unspecified atom stereocenters. The molecular weight excluding hydrogens is 295 g/mol. The van der Waals surface area contributed by atoms with Gasteiger partial charge in [0.15, 0.2) is 0 Å². The molecule has 5 heteroatoms. The highest BCUT2D eigenvalue weighted by molar-refractivity contribution is 5.68. The zero-order chi connectivity index (χ0) is 17.0. The SMILES string of the molecule is Cc1ccc(F)cc1NC1CCC(NC(=O)OC(C)(C)C)CC1. The summed E-state index contributed by atoms with van der Waals surface area (Å²) >= 11 is 0. The van der Waals surface area contributed by atoms with Gasteiger partial charge in [0.25, 0.3) is 0 Å². The minimum Gasteiger partial charge on any atom is -0.444 e. The first-order valence-electron chi connectivity index (χ1n) is 8.25. The van der Waals surface area contributed by atoms with Gasteiger partial charge >= 0.3 is 6.09 Å². The molecule has 23 heavy (non-hydrogen) atoms. The maximum atomic E-state index is 13.3. The van der Waals surface area contributed by atoms with Crippen molar-refractivity contribution in [2.45, 2.75) is 71.1 Å². The first-order valence-corrected chi connectivity index (χ1v) is 8.25. The van der Waals surface area contributed by atoms with Gasteiger partial charge in [-0.15, -0.1) is 0 Å². The van der Waals surface area contributed by atoms with Crippen LogP contribution in [-0.2, 0) is 4.74 Å². The Morgan fingerprint density at radius 2 is 1.78 bits per heavy atom. The van der Waals surface area contributed by atoms with Crippen LogP contribution in [0.15, 0.2) is 18.2 Å². The average Bonchev–Trinajstić information content (AvgIpc) is 2.43. The molecule has 1 fully saturated rings. The third kappa shape index (κ3) is 5.73. The van der Waals surface area contributed by atoms with Crippen molar-refractivity contribution in [1.29, 1.82) is 0 Å². The summed E-state index contributed by atoms with van der Waals surface area (Å²) in [6.07, 6.45) is 3.32.